The number of benzene rings is 1. The molecule has 3 aliphatic heterocycles. The molecule has 0 N–H and O–H groups in total. The van der Waals surface area contributed by atoms with Gasteiger partial charge in [-0.3, -0.25) is 4.90 Å². The molecule has 3 aliphatic rings. The van der Waals surface area contributed by atoms with E-state index in [1.165, 1.54) is 11.3 Å². The Labute approximate surface area is 195 Å². The van der Waals surface area contributed by atoms with Gasteiger partial charge in [-0.25, -0.2) is 14.6 Å². The van der Waals surface area contributed by atoms with Gasteiger partial charge in [0.25, 0.3) is 6.01 Å². The number of carbonyl (C=O) groups excluding carboxylic acids is 2. The summed E-state index contributed by atoms with van der Waals surface area (Å²) < 4.78 is 16.9. The average Bonchev–Trinajstić information content (AvgIpc) is 3.42. The molecule has 2 unspecified atom stereocenters. The van der Waals surface area contributed by atoms with E-state index < -0.39 is 11.6 Å². The molecule has 9 nitrogen and oxygen atoms in total. The van der Waals surface area contributed by atoms with Crippen LogP contribution in [0.1, 0.15) is 44.5 Å². The molecule has 2 aromatic heterocycles. The Bertz CT molecular complexity index is 1190. The Morgan fingerprint density at radius 3 is 2.64 bits per heavy atom. The molecule has 3 aromatic rings. The van der Waals surface area contributed by atoms with E-state index in [9.17, 15) is 9.59 Å². The van der Waals surface area contributed by atoms with Gasteiger partial charge in [-0.2, -0.15) is 4.98 Å². The molecule has 10 heteroatoms. The first kappa shape index (κ1) is 21.7. The van der Waals surface area contributed by atoms with Crippen LogP contribution in [0.3, 0.4) is 0 Å². The van der Waals surface area contributed by atoms with E-state index in [4.69, 9.17) is 13.9 Å². The number of thiazole rings is 1. The topological polar surface area (TPSA) is 98.0 Å². The first-order chi connectivity index (χ1) is 15.7. The molecule has 0 aliphatic carbocycles. The predicted molar refractivity (Wildman–Crippen MR) is 124 cm³/mol. The highest BCUT2D eigenvalue weighted by Gasteiger charge is 2.49. The standard InChI is InChI=1S/C23H26N4O5S/c1-5-30-20(28)13-8-16(19-24-6-7-33-19)18-17(9-13)25-21(31-18)26-11-14-10-15(12-26)27(14)22(29)32-23(2,3)4/h6-9,14-15H,5,10-12H2,1-4H3. The summed E-state index contributed by atoms with van der Waals surface area (Å²) in [5.74, 6) is -0.408. The summed E-state index contributed by atoms with van der Waals surface area (Å²) in [5.41, 5.74) is 1.75. The highest BCUT2D eigenvalue weighted by Crippen LogP contribution is 2.39. The van der Waals surface area contributed by atoms with Gasteiger partial charge in [-0.1, -0.05) is 0 Å². The number of piperidine rings is 1. The molecule has 33 heavy (non-hydrogen) atoms. The fraction of sp³-hybridized carbons (Fsp3) is 0.478. The van der Waals surface area contributed by atoms with Crippen molar-refractivity contribution in [3.8, 4) is 10.6 Å². The molecule has 5 heterocycles. The van der Waals surface area contributed by atoms with Crippen LogP contribution in [0, 0.1) is 0 Å². The second kappa shape index (κ2) is 8.02. The number of nitrogens with zero attached hydrogens (tertiary/aromatic N) is 4. The number of piperazine rings is 1. The molecule has 6 rings (SSSR count). The summed E-state index contributed by atoms with van der Waals surface area (Å²) in [6, 6.07) is 4.02. The molecule has 0 radical (unpaired) electrons. The van der Waals surface area contributed by atoms with Crippen LogP contribution in [0.25, 0.3) is 21.7 Å². The minimum absolute atomic E-state index is 0.0575. The van der Waals surface area contributed by atoms with Gasteiger partial charge >= 0.3 is 12.1 Å². The van der Waals surface area contributed by atoms with Crippen LogP contribution in [-0.4, -0.2) is 64.3 Å². The molecular formula is C23H26N4O5S. The van der Waals surface area contributed by atoms with Gasteiger partial charge in [0.15, 0.2) is 5.58 Å². The Morgan fingerprint density at radius 1 is 1.24 bits per heavy atom. The van der Waals surface area contributed by atoms with Gasteiger partial charge in [0.2, 0.25) is 0 Å². The van der Waals surface area contributed by atoms with Crippen molar-refractivity contribution < 1.29 is 23.5 Å². The molecule has 0 spiro atoms. The molecule has 174 valence electrons. The summed E-state index contributed by atoms with van der Waals surface area (Å²) in [4.78, 5) is 37.9. The fourth-order valence-corrected chi connectivity index (χ4v) is 5.03. The first-order valence-electron chi connectivity index (χ1n) is 11.0. The molecule has 2 atom stereocenters. The van der Waals surface area contributed by atoms with Crippen molar-refractivity contribution in [1.82, 2.24) is 14.9 Å². The third-order valence-electron chi connectivity index (χ3n) is 5.72. The van der Waals surface area contributed by atoms with Crippen molar-refractivity contribution in [2.75, 3.05) is 24.6 Å². The minimum Gasteiger partial charge on any atom is -0.462 e. The van der Waals surface area contributed by atoms with Gasteiger partial charge in [-0.05, 0) is 46.2 Å². The number of hydrogen-bond donors (Lipinski definition) is 0. The third kappa shape index (κ3) is 4.03. The van der Waals surface area contributed by atoms with Crippen LogP contribution in [0.4, 0.5) is 10.8 Å². The van der Waals surface area contributed by atoms with Crippen molar-refractivity contribution in [1.29, 1.82) is 0 Å². The lowest BCUT2D eigenvalue weighted by atomic mass is 9.88. The highest BCUT2D eigenvalue weighted by molar-refractivity contribution is 7.13. The largest absolute Gasteiger partial charge is 0.462 e. The van der Waals surface area contributed by atoms with E-state index in [2.05, 4.69) is 14.9 Å². The van der Waals surface area contributed by atoms with Crippen LogP contribution in [0.2, 0.25) is 0 Å². The zero-order chi connectivity index (χ0) is 23.3. The number of ether oxygens (including phenoxy) is 2. The smallest absolute Gasteiger partial charge is 0.410 e. The van der Waals surface area contributed by atoms with Crippen LogP contribution in [0.5, 0.6) is 0 Å². The Balaban J connectivity index is 1.43. The van der Waals surface area contributed by atoms with Gasteiger partial charge in [0, 0.05) is 24.7 Å². The second-order valence-electron chi connectivity index (χ2n) is 9.26. The van der Waals surface area contributed by atoms with Gasteiger partial charge in [0.1, 0.15) is 16.1 Å². The number of esters is 1. The maximum atomic E-state index is 12.6. The zero-order valence-electron chi connectivity index (χ0n) is 19.0. The molecule has 3 saturated heterocycles. The molecule has 1 aromatic carbocycles. The van der Waals surface area contributed by atoms with Crippen LogP contribution < -0.4 is 4.90 Å². The number of carbonyl (C=O) groups is 2. The van der Waals surface area contributed by atoms with E-state index in [1.54, 1.807) is 25.3 Å². The fourth-order valence-electron chi connectivity index (χ4n) is 4.38. The number of amides is 1. The number of aromatic nitrogens is 2. The second-order valence-corrected chi connectivity index (χ2v) is 10.2. The lowest BCUT2D eigenvalue weighted by molar-refractivity contribution is -0.0386. The number of anilines is 1. The maximum Gasteiger partial charge on any atom is 0.410 e. The number of hydrogen-bond acceptors (Lipinski definition) is 9. The Kier molecular flexibility index (Phi) is 5.27. The first-order valence-corrected chi connectivity index (χ1v) is 11.9. The maximum absolute atomic E-state index is 12.6. The summed E-state index contributed by atoms with van der Waals surface area (Å²) in [6.07, 6.45) is 2.38. The van der Waals surface area contributed by atoms with E-state index in [0.717, 1.165) is 11.4 Å². The highest BCUT2D eigenvalue weighted by atomic mass is 32.1. The van der Waals surface area contributed by atoms with Crippen molar-refractivity contribution in [2.24, 2.45) is 0 Å². The normalized spacial score (nSPS) is 20.0. The van der Waals surface area contributed by atoms with Crippen molar-refractivity contribution in [3.05, 3.63) is 29.3 Å². The SMILES string of the molecule is CCOC(=O)c1cc(-c2nccs2)c2oc(N3CC4CC(C3)N4C(=O)OC(C)(C)C)nc2c1. The Hall–Kier alpha value is -3.14. The van der Waals surface area contributed by atoms with Crippen LogP contribution in [-0.2, 0) is 9.47 Å². The summed E-state index contributed by atoms with van der Waals surface area (Å²) in [7, 11) is 0. The zero-order valence-corrected chi connectivity index (χ0v) is 19.8. The quantitative estimate of drug-likeness (QED) is 0.520. The minimum atomic E-state index is -0.524. The van der Waals surface area contributed by atoms with E-state index >= 15 is 0 Å². The predicted octanol–water partition coefficient (Wildman–Crippen LogP) is 4.33. The summed E-state index contributed by atoms with van der Waals surface area (Å²) in [5, 5.41) is 2.62. The van der Waals surface area contributed by atoms with Gasteiger partial charge < -0.3 is 18.8 Å². The number of fused-ring (bicyclic) bond motifs is 3. The monoisotopic (exact) mass is 470 g/mol. The van der Waals surface area contributed by atoms with Crippen LogP contribution in [0.15, 0.2) is 28.1 Å². The van der Waals surface area contributed by atoms with Gasteiger partial charge in [0.05, 0.1) is 29.8 Å². The number of oxazole rings is 1. The average molecular weight is 471 g/mol. The van der Waals surface area contributed by atoms with Crippen molar-refractivity contribution in [3.63, 3.8) is 0 Å². The Morgan fingerprint density at radius 2 is 2.00 bits per heavy atom. The molecular weight excluding hydrogens is 444 g/mol. The van der Waals surface area contributed by atoms with E-state index in [1.807, 2.05) is 31.1 Å². The van der Waals surface area contributed by atoms with E-state index in [-0.39, 0.29) is 24.8 Å². The van der Waals surface area contributed by atoms with Gasteiger partial charge in [-0.15, -0.1) is 11.3 Å². The van der Waals surface area contributed by atoms with E-state index in [0.29, 0.717) is 41.3 Å². The molecule has 0 saturated carbocycles. The number of rotatable bonds is 4. The van der Waals surface area contributed by atoms with Crippen molar-refractivity contribution >= 4 is 40.5 Å². The molecule has 3 fully saturated rings. The van der Waals surface area contributed by atoms with Crippen molar-refractivity contribution in [2.45, 2.75) is 51.8 Å². The molecule has 2 bridgehead atoms. The molecule has 1 amide bonds. The third-order valence-corrected chi connectivity index (χ3v) is 6.53. The lowest BCUT2D eigenvalue weighted by Gasteiger charge is -2.55. The van der Waals surface area contributed by atoms with Crippen LogP contribution >= 0.6 is 11.3 Å². The summed E-state index contributed by atoms with van der Waals surface area (Å²) >= 11 is 1.46. The lowest BCUT2D eigenvalue weighted by Crippen LogP contribution is -2.70. The summed E-state index contributed by atoms with van der Waals surface area (Å²) in [6.45, 7) is 8.90.